The second-order valence-corrected chi connectivity index (χ2v) is 4.26. The van der Waals surface area contributed by atoms with E-state index in [1.807, 2.05) is 0 Å². The Morgan fingerprint density at radius 2 is 1.77 bits per heavy atom. The standard InChI is InChI=1S/C8H18N2S.BrH.ClH/c1-9-3-5-10(2,6-4-9)7-8-11;;/h3-8H2,1-2H3;2*1H. The molecule has 0 atom stereocenters. The van der Waals surface area contributed by atoms with Crippen molar-refractivity contribution in [3.8, 4) is 0 Å². The van der Waals surface area contributed by atoms with Gasteiger partial charge in [0, 0.05) is 18.8 Å². The molecule has 1 saturated heterocycles. The Kier molecular flexibility index (Phi) is 9.31. The van der Waals surface area contributed by atoms with E-state index in [9.17, 15) is 0 Å². The van der Waals surface area contributed by atoms with Gasteiger partial charge in [0.2, 0.25) is 0 Å². The molecule has 0 amide bonds. The van der Waals surface area contributed by atoms with Crippen LogP contribution in [0.2, 0.25) is 0 Å². The summed E-state index contributed by atoms with van der Waals surface area (Å²) in [6.07, 6.45) is 0. The Balaban J connectivity index is 0. The minimum Gasteiger partial charge on any atom is -1.00 e. The molecule has 1 aliphatic rings. The summed E-state index contributed by atoms with van der Waals surface area (Å²) in [5.41, 5.74) is 0. The lowest BCUT2D eigenvalue weighted by Crippen LogP contribution is -3.00. The first kappa shape index (κ1) is 16.5. The third-order valence-electron chi connectivity index (χ3n) is 2.68. The maximum Gasteiger partial charge on any atom is 0.0914 e. The van der Waals surface area contributed by atoms with Crippen LogP contribution in [-0.2, 0) is 0 Å². The van der Waals surface area contributed by atoms with Crippen LogP contribution >= 0.6 is 25.0 Å². The van der Waals surface area contributed by atoms with Gasteiger partial charge in [-0.2, -0.15) is 12.6 Å². The number of likely N-dealkylation sites (N-methyl/N-ethyl adjacent to an activating group) is 2. The molecule has 1 heterocycles. The number of hydrogen-bond acceptors (Lipinski definition) is 2. The average Bonchev–Trinajstić information content (AvgIpc) is 1.97. The fraction of sp³-hybridized carbons (Fsp3) is 1.00. The van der Waals surface area contributed by atoms with Crippen LogP contribution in [0.3, 0.4) is 0 Å². The summed E-state index contributed by atoms with van der Waals surface area (Å²) in [5.74, 6) is 1.01. The summed E-state index contributed by atoms with van der Waals surface area (Å²) in [6, 6.07) is 0. The van der Waals surface area contributed by atoms with E-state index >= 15 is 0 Å². The molecule has 0 aliphatic carbocycles. The van der Waals surface area contributed by atoms with Crippen LogP contribution in [0, 0.1) is 0 Å². The van der Waals surface area contributed by atoms with Crippen molar-refractivity contribution in [2.75, 3.05) is 52.6 Å². The fourth-order valence-corrected chi connectivity index (χ4v) is 2.00. The molecule has 1 fully saturated rings. The quantitative estimate of drug-likeness (QED) is 0.444. The lowest BCUT2D eigenvalue weighted by Gasteiger charge is -2.40. The molecular weight excluding hydrogens is 272 g/mol. The van der Waals surface area contributed by atoms with Crippen molar-refractivity contribution in [2.24, 2.45) is 0 Å². The number of nitrogens with zero attached hydrogens (tertiary/aromatic N) is 2. The Bertz CT molecular complexity index is 129. The molecule has 0 spiro atoms. The van der Waals surface area contributed by atoms with Gasteiger partial charge in [0.05, 0.1) is 26.7 Å². The first-order valence-electron chi connectivity index (χ1n) is 4.29. The molecule has 1 rings (SSSR count). The van der Waals surface area contributed by atoms with Gasteiger partial charge in [-0.15, -0.1) is 12.4 Å². The molecule has 5 heteroatoms. The Labute approximate surface area is 104 Å². The molecule has 82 valence electrons. The highest BCUT2D eigenvalue weighted by atomic mass is 79.9. The van der Waals surface area contributed by atoms with Crippen LogP contribution < -0.4 is 17.0 Å². The zero-order valence-electron chi connectivity index (χ0n) is 8.37. The van der Waals surface area contributed by atoms with E-state index in [0.29, 0.717) is 0 Å². The van der Waals surface area contributed by atoms with Gasteiger partial charge in [-0.25, -0.2) is 0 Å². The molecular formula is C8H20BrClN2S. The number of rotatable bonds is 2. The maximum absolute atomic E-state index is 4.28. The summed E-state index contributed by atoms with van der Waals surface area (Å²) >= 11 is 4.28. The first-order valence-corrected chi connectivity index (χ1v) is 4.92. The largest absolute Gasteiger partial charge is 1.00 e. The lowest BCUT2D eigenvalue weighted by molar-refractivity contribution is -0.911. The van der Waals surface area contributed by atoms with Crippen LogP contribution in [0.25, 0.3) is 0 Å². The van der Waals surface area contributed by atoms with E-state index in [-0.39, 0.29) is 29.4 Å². The van der Waals surface area contributed by atoms with Gasteiger partial charge in [0.25, 0.3) is 0 Å². The molecule has 0 saturated carbocycles. The van der Waals surface area contributed by atoms with Gasteiger partial charge in [0.15, 0.2) is 0 Å². The summed E-state index contributed by atoms with van der Waals surface area (Å²) in [7, 11) is 4.54. The lowest BCUT2D eigenvalue weighted by atomic mass is 10.3. The molecule has 2 nitrogen and oxygen atoms in total. The highest BCUT2D eigenvalue weighted by Crippen LogP contribution is 2.08. The minimum atomic E-state index is 0. The second kappa shape index (κ2) is 7.35. The Morgan fingerprint density at radius 1 is 1.31 bits per heavy atom. The van der Waals surface area contributed by atoms with Crippen LogP contribution in [0.1, 0.15) is 0 Å². The van der Waals surface area contributed by atoms with Gasteiger partial charge in [0.1, 0.15) is 0 Å². The predicted octanol–water partition coefficient (Wildman–Crippen LogP) is -2.27. The van der Waals surface area contributed by atoms with Gasteiger partial charge >= 0.3 is 0 Å². The molecule has 13 heavy (non-hydrogen) atoms. The molecule has 0 aromatic carbocycles. The van der Waals surface area contributed by atoms with E-state index in [2.05, 4.69) is 31.6 Å². The molecule has 0 aromatic rings. The number of hydrogen-bond donors (Lipinski definition) is 1. The second-order valence-electron chi connectivity index (χ2n) is 3.82. The summed E-state index contributed by atoms with van der Waals surface area (Å²) in [5, 5.41) is 0. The van der Waals surface area contributed by atoms with Gasteiger partial charge in [-0.1, -0.05) is 0 Å². The fourth-order valence-electron chi connectivity index (χ4n) is 1.51. The van der Waals surface area contributed by atoms with Crippen molar-refractivity contribution in [1.82, 2.24) is 4.90 Å². The smallest absolute Gasteiger partial charge is 0.0914 e. The minimum absolute atomic E-state index is 0. The molecule has 1 aliphatic heterocycles. The zero-order valence-corrected chi connectivity index (χ0v) is 11.7. The summed E-state index contributed by atoms with van der Waals surface area (Å²) < 4.78 is 1.22. The van der Waals surface area contributed by atoms with E-state index in [4.69, 9.17) is 0 Å². The topological polar surface area (TPSA) is 3.24 Å². The molecule has 0 unspecified atom stereocenters. The van der Waals surface area contributed by atoms with Gasteiger partial charge in [-0.05, 0) is 7.05 Å². The van der Waals surface area contributed by atoms with Crippen molar-refractivity contribution in [3.63, 3.8) is 0 Å². The predicted molar refractivity (Wildman–Crippen MR) is 59.4 cm³/mol. The van der Waals surface area contributed by atoms with Gasteiger partial charge < -0.3 is 21.5 Å². The average molecular weight is 292 g/mol. The van der Waals surface area contributed by atoms with Crippen LogP contribution in [0.5, 0.6) is 0 Å². The Hall–Kier alpha value is 1.04. The summed E-state index contributed by atoms with van der Waals surface area (Å²) in [6.45, 7) is 6.28. The SMILES string of the molecule is CN1CC[N+](C)(CCS)CC1.Cl.[Br-]. The maximum atomic E-state index is 4.28. The van der Waals surface area contributed by atoms with Crippen molar-refractivity contribution in [2.45, 2.75) is 0 Å². The Morgan fingerprint density at radius 3 is 2.15 bits per heavy atom. The highest BCUT2D eigenvalue weighted by molar-refractivity contribution is 7.80. The molecule has 0 N–H and O–H groups in total. The first-order chi connectivity index (χ1) is 5.16. The molecule has 0 aromatic heterocycles. The van der Waals surface area contributed by atoms with E-state index in [1.165, 1.54) is 37.2 Å². The van der Waals surface area contributed by atoms with Crippen LogP contribution in [0.15, 0.2) is 0 Å². The third kappa shape index (κ3) is 5.47. The third-order valence-corrected chi connectivity index (χ3v) is 2.88. The molecule has 0 bridgehead atoms. The number of piperazine rings is 1. The van der Waals surface area contributed by atoms with Crippen molar-refractivity contribution < 1.29 is 21.5 Å². The summed E-state index contributed by atoms with van der Waals surface area (Å²) in [4.78, 5) is 2.40. The van der Waals surface area contributed by atoms with E-state index < -0.39 is 0 Å². The zero-order chi connectivity index (χ0) is 8.32. The van der Waals surface area contributed by atoms with E-state index in [0.717, 1.165) is 5.75 Å². The highest BCUT2D eigenvalue weighted by Gasteiger charge is 2.25. The molecule has 0 radical (unpaired) electrons. The van der Waals surface area contributed by atoms with Crippen LogP contribution in [-0.4, -0.2) is 62.0 Å². The van der Waals surface area contributed by atoms with Crippen molar-refractivity contribution in [1.29, 1.82) is 0 Å². The number of thiol groups is 1. The van der Waals surface area contributed by atoms with Gasteiger partial charge in [-0.3, -0.25) is 4.90 Å². The van der Waals surface area contributed by atoms with E-state index in [1.54, 1.807) is 0 Å². The van der Waals surface area contributed by atoms with Crippen molar-refractivity contribution in [3.05, 3.63) is 0 Å². The monoisotopic (exact) mass is 290 g/mol. The van der Waals surface area contributed by atoms with Crippen molar-refractivity contribution >= 4 is 25.0 Å². The number of quaternary nitrogens is 1. The normalized spacial score (nSPS) is 21.5. The van der Waals surface area contributed by atoms with Crippen LogP contribution in [0.4, 0.5) is 0 Å². The number of halogens is 2.